The number of amides is 2. The van der Waals surface area contributed by atoms with Crippen LogP contribution in [0.4, 0.5) is 0 Å². The molecule has 0 bridgehead atoms. The number of rotatable bonds is 3. The first-order valence-corrected chi connectivity index (χ1v) is 9.18. The van der Waals surface area contributed by atoms with Gasteiger partial charge in [-0.3, -0.25) is 14.6 Å². The van der Waals surface area contributed by atoms with Crippen LogP contribution in [0.5, 0.6) is 0 Å². The Hall–Kier alpha value is -1.95. The molecule has 1 aromatic heterocycles. The highest BCUT2D eigenvalue weighted by atomic mass is 16.5. The Morgan fingerprint density at radius 3 is 2.72 bits per heavy atom. The summed E-state index contributed by atoms with van der Waals surface area (Å²) >= 11 is 0. The number of nitrogens with zero attached hydrogens (tertiary/aromatic N) is 3. The summed E-state index contributed by atoms with van der Waals surface area (Å²) in [5, 5.41) is 0. The van der Waals surface area contributed by atoms with Gasteiger partial charge in [0.15, 0.2) is 0 Å². The van der Waals surface area contributed by atoms with E-state index < -0.39 is 0 Å². The number of hydrogen-bond donors (Lipinski definition) is 0. The molecule has 1 unspecified atom stereocenters. The average Bonchev–Trinajstić information content (AvgIpc) is 3.25. The van der Waals surface area contributed by atoms with Crippen LogP contribution in [-0.4, -0.2) is 59.4 Å². The average molecular weight is 343 g/mol. The second-order valence-electron chi connectivity index (χ2n) is 7.67. The van der Waals surface area contributed by atoms with Crippen molar-refractivity contribution in [3.8, 4) is 0 Å². The lowest BCUT2D eigenvalue weighted by Gasteiger charge is -2.39. The molecular weight excluding hydrogens is 318 g/mol. The summed E-state index contributed by atoms with van der Waals surface area (Å²) in [6.45, 7) is 4.27. The molecule has 0 aliphatic carbocycles. The third kappa shape index (κ3) is 3.40. The zero-order valence-electron chi connectivity index (χ0n) is 14.5. The van der Waals surface area contributed by atoms with Crippen molar-refractivity contribution in [2.45, 2.75) is 32.2 Å². The van der Waals surface area contributed by atoms with Gasteiger partial charge >= 0.3 is 0 Å². The molecule has 2 amide bonds. The van der Waals surface area contributed by atoms with Crippen LogP contribution in [0.1, 0.15) is 31.2 Å². The van der Waals surface area contributed by atoms with Crippen molar-refractivity contribution in [3.63, 3.8) is 0 Å². The molecule has 4 heterocycles. The van der Waals surface area contributed by atoms with Crippen molar-refractivity contribution in [2.75, 3.05) is 32.8 Å². The van der Waals surface area contributed by atoms with Crippen LogP contribution in [0.3, 0.4) is 0 Å². The largest absolute Gasteiger partial charge is 0.381 e. The molecule has 1 atom stereocenters. The summed E-state index contributed by atoms with van der Waals surface area (Å²) < 4.78 is 5.34. The number of ether oxygens (including phenoxy) is 1. The van der Waals surface area contributed by atoms with Crippen LogP contribution in [-0.2, 0) is 20.9 Å². The van der Waals surface area contributed by atoms with E-state index in [1.54, 1.807) is 12.4 Å². The van der Waals surface area contributed by atoms with E-state index >= 15 is 0 Å². The fourth-order valence-corrected chi connectivity index (χ4v) is 4.36. The van der Waals surface area contributed by atoms with Crippen molar-refractivity contribution >= 4 is 11.8 Å². The zero-order chi connectivity index (χ0) is 17.3. The van der Waals surface area contributed by atoms with Crippen molar-refractivity contribution in [3.05, 3.63) is 30.1 Å². The monoisotopic (exact) mass is 343 g/mol. The normalized spacial score (nSPS) is 25.8. The van der Waals surface area contributed by atoms with Crippen LogP contribution in [0.2, 0.25) is 0 Å². The van der Waals surface area contributed by atoms with Gasteiger partial charge in [0.2, 0.25) is 11.8 Å². The van der Waals surface area contributed by atoms with E-state index in [4.69, 9.17) is 4.74 Å². The van der Waals surface area contributed by atoms with Crippen molar-refractivity contribution in [1.29, 1.82) is 0 Å². The standard InChI is InChI=1S/C19H25N3O3/c23-17-11-19(14-22(17)12-15-1-6-20-7-2-15)4-8-21(9-5-19)18(24)16-3-10-25-13-16/h1-2,6-7,16H,3-5,8-14H2. The predicted octanol–water partition coefficient (Wildman–Crippen LogP) is 1.46. The van der Waals surface area contributed by atoms with E-state index in [1.807, 2.05) is 21.9 Å². The van der Waals surface area contributed by atoms with Crippen LogP contribution in [0.25, 0.3) is 0 Å². The maximum absolute atomic E-state index is 12.5. The Labute approximate surface area is 148 Å². The minimum absolute atomic E-state index is 0.0439. The summed E-state index contributed by atoms with van der Waals surface area (Å²) in [4.78, 5) is 33.0. The van der Waals surface area contributed by atoms with Gasteiger partial charge in [0.1, 0.15) is 0 Å². The lowest BCUT2D eigenvalue weighted by atomic mass is 9.77. The maximum atomic E-state index is 12.5. The Kier molecular flexibility index (Phi) is 4.46. The highest BCUT2D eigenvalue weighted by molar-refractivity contribution is 5.80. The van der Waals surface area contributed by atoms with E-state index in [2.05, 4.69) is 4.98 Å². The molecule has 6 nitrogen and oxygen atoms in total. The molecular formula is C19H25N3O3. The van der Waals surface area contributed by atoms with E-state index in [1.165, 1.54) is 0 Å². The van der Waals surface area contributed by atoms with Gasteiger partial charge in [0, 0.05) is 57.0 Å². The lowest BCUT2D eigenvalue weighted by Crippen LogP contribution is -2.46. The molecule has 3 fully saturated rings. The first-order chi connectivity index (χ1) is 12.2. The smallest absolute Gasteiger partial charge is 0.228 e. The van der Waals surface area contributed by atoms with Gasteiger partial charge in [-0.15, -0.1) is 0 Å². The minimum atomic E-state index is 0.0439. The fourth-order valence-electron chi connectivity index (χ4n) is 4.36. The lowest BCUT2D eigenvalue weighted by molar-refractivity contribution is -0.137. The number of carbonyl (C=O) groups is 2. The quantitative estimate of drug-likeness (QED) is 0.834. The van der Waals surface area contributed by atoms with Crippen LogP contribution < -0.4 is 0 Å². The molecule has 6 heteroatoms. The number of hydrogen-bond acceptors (Lipinski definition) is 4. The minimum Gasteiger partial charge on any atom is -0.381 e. The maximum Gasteiger partial charge on any atom is 0.228 e. The third-order valence-electron chi connectivity index (χ3n) is 5.94. The molecule has 0 aromatic carbocycles. The number of likely N-dealkylation sites (tertiary alicyclic amines) is 2. The number of pyridine rings is 1. The Bertz CT molecular complexity index is 635. The molecule has 1 spiro atoms. The van der Waals surface area contributed by atoms with Gasteiger partial charge in [-0.1, -0.05) is 0 Å². The predicted molar refractivity (Wildman–Crippen MR) is 91.4 cm³/mol. The van der Waals surface area contributed by atoms with Crippen LogP contribution >= 0.6 is 0 Å². The van der Waals surface area contributed by atoms with E-state index in [-0.39, 0.29) is 23.1 Å². The zero-order valence-corrected chi connectivity index (χ0v) is 14.5. The molecule has 25 heavy (non-hydrogen) atoms. The fraction of sp³-hybridized carbons (Fsp3) is 0.632. The van der Waals surface area contributed by atoms with Crippen molar-refractivity contribution < 1.29 is 14.3 Å². The number of carbonyl (C=O) groups excluding carboxylic acids is 2. The van der Waals surface area contributed by atoms with Crippen molar-refractivity contribution in [1.82, 2.24) is 14.8 Å². The molecule has 1 aromatic rings. The first-order valence-electron chi connectivity index (χ1n) is 9.18. The summed E-state index contributed by atoms with van der Waals surface area (Å²) in [7, 11) is 0. The van der Waals surface area contributed by atoms with Gasteiger partial charge in [-0.05, 0) is 37.0 Å². The molecule has 3 saturated heterocycles. The number of piperidine rings is 1. The second kappa shape index (κ2) is 6.75. The molecule has 0 N–H and O–H groups in total. The van der Waals surface area contributed by atoms with Crippen LogP contribution in [0, 0.1) is 11.3 Å². The summed E-state index contributed by atoms with van der Waals surface area (Å²) in [6, 6.07) is 3.92. The molecule has 4 rings (SSSR count). The van der Waals surface area contributed by atoms with Gasteiger partial charge in [0.05, 0.1) is 12.5 Å². The van der Waals surface area contributed by atoms with E-state index in [9.17, 15) is 9.59 Å². The van der Waals surface area contributed by atoms with E-state index in [0.717, 1.165) is 44.5 Å². The Balaban J connectivity index is 1.35. The van der Waals surface area contributed by atoms with Gasteiger partial charge in [-0.25, -0.2) is 0 Å². The molecule has 0 radical (unpaired) electrons. The third-order valence-corrected chi connectivity index (χ3v) is 5.94. The van der Waals surface area contributed by atoms with Crippen LogP contribution in [0.15, 0.2) is 24.5 Å². The molecule has 0 saturated carbocycles. The SMILES string of the molecule is O=C1CC2(CCN(C(=O)C3CCOC3)CC2)CN1Cc1ccncc1. The van der Waals surface area contributed by atoms with Crippen molar-refractivity contribution in [2.24, 2.45) is 11.3 Å². The first kappa shape index (κ1) is 16.5. The summed E-state index contributed by atoms with van der Waals surface area (Å²) in [6.07, 6.45) is 6.84. The topological polar surface area (TPSA) is 62.7 Å². The van der Waals surface area contributed by atoms with Gasteiger partial charge in [-0.2, -0.15) is 0 Å². The Morgan fingerprint density at radius 2 is 2.04 bits per heavy atom. The summed E-state index contributed by atoms with van der Waals surface area (Å²) in [5.74, 6) is 0.522. The molecule has 134 valence electrons. The van der Waals surface area contributed by atoms with Gasteiger partial charge < -0.3 is 14.5 Å². The highest BCUT2D eigenvalue weighted by Crippen LogP contribution is 2.41. The Morgan fingerprint density at radius 1 is 1.28 bits per heavy atom. The van der Waals surface area contributed by atoms with Gasteiger partial charge in [0.25, 0.3) is 0 Å². The second-order valence-corrected chi connectivity index (χ2v) is 7.67. The highest BCUT2D eigenvalue weighted by Gasteiger charge is 2.45. The molecule has 3 aliphatic rings. The summed E-state index contributed by atoms with van der Waals surface area (Å²) in [5.41, 5.74) is 1.17. The number of aromatic nitrogens is 1. The van der Waals surface area contributed by atoms with E-state index in [0.29, 0.717) is 26.2 Å². The molecule has 3 aliphatic heterocycles.